The molecule has 0 saturated carbocycles. The molecule has 1 aliphatic rings. The highest BCUT2D eigenvalue weighted by Gasteiger charge is 2.26. The molecule has 8 heteroatoms. The Labute approximate surface area is 154 Å². The van der Waals surface area contributed by atoms with Crippen LogP contribution in [0.15, 0.2) is 54.5 Å². The molecule has 1 saturated heterocycles. The Bertz CT molecular complexity index is 701. The number of sulfonamides is 1. The molecule has 2 rings (SSSR count). The lowest BCUT2D eigenvalue weighted by Crippen LogP contribution is -2.40. The maximum atomic E-state index is 12.6. The lowest BCUT2D eigenvalue weighted by Gasteiger charge is -2.26. The Morgan fingerprint density at radius 3 is 2.28 bits per heavy atom. The van der Waals surface area contributed by atoms with Gasteiger partial charge in [-0.15, -0.1) is 13.2 Å². The smallest absolute Gasteiger partial charge is 0.243 e. The van der Waals surface area contributed by atoms with Gasteiger partial charge in [-0.05, 0) is 36.5 Å². The first-order valence-corrected chi connectivity index (χ1v) is 9.79. The third-order valence-corrected chi connectivity index (χ3v) is 5.97. The summed E-state index contributed by atoms with van der Waals surface area (Å²) < 4.78 is 31.8. The van der Waals surface area contributed by atoms with Gasteiger partial charge in [-0.25, -0.2) is 8.42 Å². The van der Waals surface area contributed by atoms with E-state index in [0.29, 0.717) is 44.5 Å². The van der Waals surface area contributed by atoms with Gasteiger partial charge >= 0.3 is 0 Å². The van der Waals surface area contributed by atoms with E-state index in [1.165, 1.54) is 4.31 Å². The van der Waals surface area contributed by atoms with Crippen molar-refractivity contribution in [2.24, 2.45) is 0 Å². The molecule has 0 aromatic heterocycles. The zero-order chi connectivity index (χ0) is 18.3. The molecular formula is C17H23N3O3S2. The number of hydrogen-bond acceptors (Lipinski definition) is 4. The van der Waals surface area contributed by atoms with Gasteiger partial charge in [0.25, 0.3) is 0 Å². The van der Waals surface area contributed by atoms with Gasteiger partial charge in [0, 0.05) is 31.9 Å². The summed E-state index contributed by atoms with van der Waals surface area (Å²) in [4.78, 5) is 2.16. The summed E-state index contributed by atoms with van der Waals surface area (Å²) >= 11 is 5.38. The topological polar surface area (TPSA) is 61.9 Å². The molecule has 6 nitrogen and oxygen atoms in total. The number of hydrogen-bond donors (Lipinski definition) is 1. The van der Waals surface area contributed by atoms with E-state index in [2.05, 4.69) is 18.5 Å². The predicted molar refractivity (Wildman–Crippen MR) is 104 cm³/mol. The molecular weight excluding hydrogens is 358 g/mol. The molecule has 1 aromatic carbocycles. The van der Waals surface area contributed by atoms with E-state index in [1.807, 2.05) is 4.90 Å². The van der Waals surface area contributed by atoms with Gasteiger partial charge in [0.05, 0.1) is 18.1 Å². The van der Waals surface area contributed by atoms with Gasteiger partial charge in [0.2, 0.25) is 10.0 Å². The SMILES string of the molecule is C=CCN(CC=C)C(=S)Nc1ccc(S(=O)(=O)N2CCOCC2)cc1. The lowest BCUT2D eigenvalue weighted by atomic mass is 10.3. The summed E-state index contributed by atoms with van der Waals surface area (Å²) in [7, 11) is -3.49. The van der Waals surface area contributed by atoms with E-state index >= 15 is 0 Å². The second kappa shape index (κ2) is 9.10. The number of benzene rings is 1. The average Bonchev–Trinajstić information content (AvgIpc) is 2.62. The van der Waals surface area contributed by atoms with E-state index in [1.54, 1.807) is 36.4 Å². The summed E-state index contributed by atoms with van der Waals surface area (Å²) in [5.74, 6) is 0. The Hall–Kier alpha value is -1.74. The number of thiocarbonyl (C=S) groups is 1. The van der Waals surface area contributed by atoms with Crippen molar-refractivity contribution in [3.8, 4) is 0 Å². The minimum absolute atomic E-state index is 0.264. The zero-order valence-corrected chi connectivity index (χ0v) is 15.7. The number of nitrogens with zero attached hydrogens (tertiary/aromatic N) is 2. The lowest BCUT2D eigenvalue weighted by molar-refractivity contribution is 0.0730. The maximum absolute atomic E-state index is 12.6. The fourth-order valence-electron chi connectivity index (χ4n) is 2.40. The molecule has 0 spiro atoms. The summed E-state index contributed by atoms with van der Waals surface area (Å²) in [6, 6.07) is 6.58. The highest BCUT2D eigenvalue weighted by atomic mass is 32.2. The summed E-state index contributed by atoms with van der Waals surface area (Å²) in [6.45, 7) is 10.2. The molecule has 0 atom stereocenters. The molecule has 1 N–H and O–H groups in total. The van der Waals surface area contributed by atoms with Gasteiger partial charge < -0.3 is 15.0 Å². The first-order chi connectivity index (χ1) is 12.0. The second-order valence-corrected chi connectivity index (χ2v) is 7.78. The highest BCUT2D eigenvalue weighted by molar-refractivity contribution is 7.89. The normalized spacial score (nSPS) is 15.4. The molecule has 136 valence electrons. The van der Waals surface area contributed by atoms with Crippen LogP contribution in [-0.4, -0.2) is 62.1 Å². The van der Waals surface area contributed by atoms with Crippen molar-refractivity contribution in [1.82, 2.24) is 9.21 Å². The molecule has 1 aromatic rings. The molecule has 1 heterocycles. The van der Waals surface area contributed by atoms with E-state index in [0.717, 1.165) is 5.69 Å². The van der Waals surface area contributed by atoms with Gasteiger partial charge in [-0.1, -0.05) is 12.2 Å². The van der Waals surface area contributed by atoms with Crippen molar-refractivity contribution in [1.29, 1.82) is 0 Å². The van der Waals surface area contributed by atoms with E-state index in [4.69, 9.17) is 17.0 Å². The predicted octanol–water partition coefficient (Wildman–Crippen LogP) is 2.08. The van der Waals surface area contributed by atoms with Gasteiger partial charge in [0.1, 0.15) is 0 Å². The van der Waals surface area contributed by atoms with Gasteiger partial charge in [0.15, 0.2) is 5.11 Å². The standard InChI is InChI=1S/C17H23N3O3S2/c1-3-9-19(10-4-2)17(24)18-15-5-7-16(8-6-15)25(21,22)20-11-13-23-14-12-20/h3-8H,1-2,9-14H2,(H,18,24). The van der Waals surface area contributed by atoms with E-state index in [9.17, 15) is 8.42 Å². The van der Waals surface area contributed by atoms with Crippen molar-refractivity contribution in [3.63, 3.8) is 0 Å². The molecule has 0 radical (unpaired) electrons. The van der Waals surface area contributed by atoms with Crippen LogP contribution in [0.2, 0.25) is 0 Å². The first kappa shape index (κ1) is 19.6. The zero-order valence-electron chi connectivity index (χ0n) is 14.1. The Kier molecular flexibility index (Phi) is 7.12. The van der Waals surface area contributed by atoms with Crippen LogP contribution in [-0.2, 0) is 14.8 Å². The van der Waals surface area contributed by atoms with Crippen molar-refractivity contribution in [3.05, 3.63) is 49.6 Å². The van der Waals surface area contributed by atoms with Crippen LogP contribution < -0.4 is 5.32 Å². The largest absolute Gasteiger partial charge is 0.379 e. The second-order valence-electron chi connectivity index (χ2n) is 5.45. The van der Waals surface area contributed by atoms with Crippen molar-refractivity contribution < 1.29 is 13.2 Å². The number of rotatable bonds is 7. The Morgan fingerprint density at radius 1 is 1.20 bits per heavy atom. The van der Waals surface area contributed by atoms with Crippen molar-refractivity contribution >= 4 is 33.0 Å². The van der Waals surface area contributed by atoms with Crippen LogP contribution in [0.5, 0.6) is 0 Å². The monoisotopic (exact) mass is 381 g/mol. The summed E-state index contributed by atoms with van der Waals surface area (Å²) in [5.41, 5.74) is 0.726. The van der Waals surface area contributed by atoms with E-state index < -0.39 is 10.0 Å². The molecule has 0 bridgehead atoms. The number of anilines is 1. The highest BCUT2D eigenvalue weighted by Crippen LogP contribution is 2.19. The first-order valence-electron chi connectivity index (χ1n) is 7.94. The molecule has 0 aliphatic carbocycles. The maximum Gasteiger partial charge on any atom is 0.243 e. The third kappa shape index (κ3) is 5.12. The number of morpholine rings is 1. The Morgan fingerprint density at radius 2 is 1.76 bits per heavy atom. The number of ether oxygens (including phenoxy) is 1. The number of nitrogens with one attached hydrogen (secondary N) is 1. The van der Waals surface area contributed by atoms with Crippen LogP contribution in [0, 0.1) is 0 Å². The van der Waals surface area contributed by atoms with Crippen LogP contribution in [0.4, 0.5) is 5.69 Å². The van der Waals surface area contributed by atoms with Gasteiger partial charge in [-0.3, -0.25) is 0 Å². The average molecular weight is 382 g/mol. The van der Waals surface area contributed by atoms with Crippen molar-refractivity contribution in [2.75, 3.05) is 44.7 Å². The van der Waals surface area contributed by atoms with Crippen LogP contribution in [0.25, 0.3) is 0 Å². The molecule has 25 heavy (non-hydrogen) atoms. The van der Waals surface area contributed by atoms with Crippen LogP contribution in [0.3, 0.4) is 0 Å². The van der Waals surface area contributed by atoms with Crippen LogP contribution in [0.1, 0.15) is 0 Å². The van der Waals surface area contributed by atoms with Gasteiger partial charge in [-0.2, -0.15) is 4.31 Å². The fraction of sp³-hybridized carbons (Fsp3) is 0.353. The fourth-order valence-corrected chi connectivity index (χ4v) is 4.08. The van der Waals surface area contributed by atoms with Crippen molar-refractivity contribution in [2.45, 2.75) is 4.90 Å². The van der Waals surface area contributed by atoms with E-state index in [-0.39, 0.29) is 4.90 Å². The molecule has 0 amide bonds. The Balaban J connectivity index is 2.07. The quantitative estimate of drug-likeness (QED) is 0.576. The third-order valence-electron chi connectivity index (χ3n) is 3.70. The minimum atomic E-state index is -3.49. The molecule has 1 fully saturated rings. The minimum Gasteiger partial charge on any atom is -0.379 e. The molecule has 0 unspecified atom stereocenters. The summed E-state index contributed by atoms with van der Waals surface area (Å²) in [6.07, 6.45) is 3.52. The van der Waals surface area contributed by atoms with Crippen LogP contribution >= 0.6 is 12.2 Å². The molecule has 1 aliphatic heterocycles. The summed E-state index contributed by atoms with van der Waals surface area (Å²) in [5, 5.41) is 3.63.